The Kier molecular flexibility index (Phi) is 4.66. The zero-order valence-corrected chi connectivity index (χ0v) is 11.5. The molecule has 0 aliphatic carbocycles. The molecule has 0 radical (unpaired) electrons. The van der Waals surface area contributed by atoms with Crippen LogP contribution in [0.3, 0.4) is 0 Å². The van der Waals surface area contributed by atoms with Gasteiger partial charge in [-0.25, -0.2) is 0 Å². The number of hydrogen-bond acceptors (Lipinski definition) is 3. The van der Waals surface area contributed by atoms with Crippen LogP contribution in [-0.4, -0.2) is 29.3 Å². The minimum absolute atomic E-state index is 0.0176. The predicted molar refractivity (Wildman–Crippen MR) is 76.4 cm³/mol. The third kappa shape index (κ3) is 3.88. The van der Waals surface area contributed by atoms with Crippen LogP contribution in [0.15, 0.2) is 48.7 Å². The molecule has 0 aliphatic rings. The Morgan fingerprint density at radius 2 is 1.95 bits per heavy atom. The first kappa shape index (κ1) is 13.7. The Morgan fingerprint density at radius 3 is 2.63 bits per heavy atom. The first-order valence-electron chi connectivity index (χ1n) is 6.03. The number of carbonyl (C=O) groups excluding carboxylic acids is 1. The lowest BCUT2D eigenvalue weighted by Gasteiger charge is -2.15. The van der Waals surface area contributed by atoms with Crippen molar-refractivity contribution in [2.75, 3.05) is 13.6 Å². The molecule has 0 bridgehead atoms. The maximum atomic E-state index is 12.1. The lowest BCUT2D eigenvalue weighted by Crippen LogP contribution is -2.26. The van der Waals surface area contributed by atoms with Gasteiger partial charge >= 0.3 is 0 Å². The maximum absolute atomic E-state index is 12.1. The zero-order valence-electron chi connectivity index (χ0n) is 10.7. The number of benzene rings is 1. The van der Waals surface area contributed by atoms with Crippen molar-refractivity contribution in [1.82, 2.24) is 9.88 Å². The first-order chi connectivity index (χ1) is 9.16. The number of hydrogen-bond donors (Lipinski definition) is 0. The fourth-order valence-corrected chi connectivity index (χ4v) is 2.08. The molecule has 1 aromatic heterocycles. The second-order valence-corrected chi connectivity index (χ2v) is 4.80. The third-order valence-corrected chi connectivity index (χ3v) is 3.08. The van der Waals surface area contributed by atoms with E-state index in [2.05, 4.69) is 4.98 Å². The fraction of sp³-hybridized carbons (Fsp3) is 0.200. The molecule has 0 fully saturated rings. The van der Waals surface area contributed by atoms with Crippen LogP contribution in [-0.2, 0) is 6.54 Å². The number of rotatable bonds is 5. The molecule has 0 saturated heterocycles. The molecule has 0 atom stereocenters. The molecule has 98 valence electrons. The van der Waals surface area contributed by atoms with E-state index in [9.17, 15) is 4.79 Å². The van der Waals surface area contributed by atoms with Gasteiger partial charge in [-0.15, -0.1) is 0 Å². The van der Waals surface area contributed by atoms with Gasteiger partial charge in [0.25, 0.3) is 0 Å². The number of nitrogens with zero attached hydrogens (tertiary/aromatic N) is 2. The smallest absolute Gasteiger partial charge is 0.178 e. The summed E-state index contributed by atoms with van der Waals surface area (Å²) in [6.07, 6.45) is 1.75. The number of carbonyl (C=O) groups is 1. The third-order valence-electron chi connectivity index (χ3n) is 2.75. The highest BCUT2D eigenvalue weighted by Gasteiger charge is 2.12. The van der Waals surface area contributed by atoms with Crippen LogP contribution in [0.2, 0.25) is 5.02 Å². The van der Waals surface area contributed by atoms with E-state index in [0.29, 0.717) is 23.7 Å². The summed E-state index contributed by atoms with van der Waals surface area (Å²) in [6, 6.07) is 12.9. The quantitative estimate of drug-likeness (QED) is 0.786. The summed E-state index contributed by atoms with van der Waals surface area (Å²) in [5, 5.41) is 0.499. The molecule has 3 nitrogen and oxygen atoms in total. The van der Waals surface area contributed by atoms with Crippen molar-refractivity contribution in [1.29, 1.82) is 0 Å². The van der Waals surface area contributed by atoms with Crippen molar-refractivity contribution in [2.45, 2.75) is 6.54 Å². The van der Waals surface area contributed by atoms with E-state index >= 15 is 0 Å². The number of pyridine rings is 1. The average molecular weight is 275 g/mol. The molecule has 4 heteroatoms. The highest BCUT2D eigenvalue weighted by molar-refractivity contribution is 6.34. The average Bonchev–Trinajstić information content (AvgIpc) is 2.40. The van der Waals surface area contributed by atoms with Gasteiger partial charge in [-0.2, -0.15) is 0 Å². The molecular weight excluding hydrogens is 260 g/mol. The van der Waals surface area contributed by atoms with Crippen molar-refractivity contribution in [3.05, 3.63) is 64.9 Å². The maximum Gasteiger partial charge on any atom is 0.178 e. The second kappa shape index (κ2) is 6.45. The molecule has 2 rings (SSSR count). The molecule has 2 aromatic rings. The van der Waals surface area contributed by atoms with Crippen LogP contribution in [0.25, 0.3) is 0 Å². The van der Waals surface area contributed by atoms with E-state index in [0.717, 1.165) is 5.69 Å². The molecule has 0 spiro atoms. The van der Waals surface area contributed by atoms with Gasteiger partial charge in [-0.05, 0) is 31.3 Å². The van der Waals surface area contributed by atoms with Crippen LogP contribution in [0.1, 0.15) is 16.1 Å². The molecule has 1 aromatic carbocycles. The Bertz CT molecular complexity index is 557. The number of ketones is 1. The van der Waals surface area contributed by atoms with Gasteiger partial charge in [0.05, 0.1) is 17.3 Å². The monoisotopic (exact) mass is 274 g/mol. The van der Waals surface area contributed by atoms with E-state index < -0.39 is 0 Å². The first-order valence-corrected chi connectivity index (χ1v) is 6.41. The number of Topliss-reactive ketones (excluding diaryl/α,β-unsaturated/α-hetero) is 1. The van der Waals surface area contributed by atoms with Crippen LogP contribution in [0.5, 0.6) is 0 Å². The topological polar surface area (TPSA) is 33.2 Å². The van der Waals surface area contributed by atoms with Crippen LogP contribution < -0.4 is 0 Å². The highest BCUT2D eigenvalue weighted by Crippen LogP contribution is 2.15. The normalized spacial score (nSPS) is 10.7. The van der Waals surface area contributed by atoms with E-state index in [-0.39, 0.29) is 5.78 Å². The molecule has 0 unspecified atom stereocenters. The van der Waals surface area contributed by atoms with Gasteiger partial charge in [-0.1, -0.05) is 29.8 Å². The summed E-state index contributed by atoms with van der Waals surface area (Å²) in [5.74, 6) is 0.0176. The number of halogens is 1. The minimum Gasteiger partial charge on any atom is -0.293 e. The fourth-order valence-electron chi connectivity index (χ4n) is 1.84. The standard InChI is InChI=1S/C15H15ClN2O/c1-18(10-12-6-4-5-9-17-12)11-15(19)13-7-2-3-8-14(13)16/h2-9H,10-11H2,1H3. The molecule has 0 saturated carbocycles. The van der Waals surface area contributed by atoms with Crippen molar-refractivity contribution in [2.24, 2.45) is 0 Å². The van der Waals surface area contributed by atoms with Gasteiger partial charge in [-0.3, -0.25) is 14.7 Å². The van der Waals surface area contributed by atoms with E-state index in [1.165, 1.54) is 0 Å². The largest absolute Gasteiger partial charge is 0.293 e. The van der Waals surface area contributed by atoms with Crippen molar-refractivity contribution < 1.29 is 4.79 Å². The van der Waals surface area contributed by atoms with Crippen LogP contribution in [0.4, 0.5) is 0 Å². The summed E-state index contributed by atoms with van der Waals surface area (Å²) in [7, 11) is 1.89. The SMILES string of the molecule is CN(CC(=O)c1ccccc1Cl)Cc1ccccn1. The summed E-state index contributed by atoms with van der Waals surface area (Å²) in [5.41, 5.74) is 1.51. The lowest BCUT2D eigenvalue weighted by molar-refractivity contribution is 0.0942. The summed E-state index contributed by atoms with van der Waals surface area (Å²) in [4.78, 5) is 18.3. The molecule has 1 heterocycles. The van der Waals surface area contributed by atoms with E-state index in [1.54, 1.807) is 18.3 Å². The predicted octanol–water partition coefficient (Wildman–Crippen LogP) is 3.05. The molecule has 0 amide bonds. The summed E-state index contributed by atoms with van der Waals surface area (Å²) in [6.45, 7) is 0.956. The molecule has 19 heavy (non-hydrogen) atoms. The number of aromatic nitrogens is 1. The Morgan fingerprint density at radius 1 is 1.21 bits per heavy atom. The summed E-state index contributed by atoms with van der Waals surface area (Å²) < 4.78 is 0. The number of likely N-dealkylation sites (N-methyl/N-ethyl adjacent to an activating group) is 1. The Balaban J connectivity index is 1.98. The molecule has 0 N–H and O–H groups in total. The zero-order chi connectivity index (χ0) is 13.7. The van der Waals surface area contributed by atoms with Crippen molar-refractivity contribution >= 4 is 17.4 Å². The van der Waals surface area contributed by atoms with Gasteiger partial charge in [0, 0.05) is 18.3 Å². The molecular formula is C15H15ClN2O. The second-order valence-electron chi connectivity index (χ2n) is 4.40. The van der Waals surface area contributed by atoms with Gasteiger partial charge in [0.1, 0.15) is 0 Å². The Labute approximate surface area is 117 Å². The van der Waals surface area contributed by atoms with Gasteiger partial charge < -0.3 is 0 Å². The summed E-state index contributed by atoms with van der Waals surface area (Å²) >= 11 is 6.01. The van der Waals surface area contributed by atoms with Crippen LogP contribution in [0, 0.1) is 0 Å². The van der Waals surface area contributed by atoms with Crippen molar-refractivity contribution in [3.8, 4) is 0 Å². The molecule has 0 aliphatic heterocycles. The highest BCUT2D eigenvalue weighted by atomic mass is 35.5. The van der Waals surface area contributed by atoms with E-state index in [4.69, 9.17) is 11.6 Å². The van der Waals surface area contributed by atoms with E-state index in [1.807, 2.05) is 42.3 Å². The van der Waals surface area contributed by atoms with Gasteiger partial charge in [0.2, 0.25) is 0 Å². The Hall–Kier alpha value is -1.71. The van der Waals surface area contributed by atoms with Crippen molar-refractivity contribution in [3.63, 3.8) is 0 Å². The lowest BCUT2D eigenvalue weighted by atomic mass is 10.1. The van der Waals surface area contributed by atoms with Gasteiger partial charge in [0.15, 0.2) is 5.78 Å². The van der Waals surface area contributed by atoms with Crippen LogP contribution >= 0.6 is 11.6 Å². The minimum atomic E-state index is 0.0176.